The molecule has 0 radical (unpaired) electrons. The Balaban J connectivity index is 1.48. The lowest BCUT2D eigenvalue weighted by Crippen LogP contribution is -2.40. The molecule has 0 spiro atoms. The Bertz CT molecular complexity index is 634. The Labute approximate surface area is 159 Å². The predicted octanol–water partition coefficient (Wildman–Crippen LogP) is 4.11. The quantitative estimate of drug-likeness (QED) is 0.695. The highest BCUT2D eigenvalue weighted by Gasteiger charge is 2.36. The van der Waals surface area contributed by atoms with Crippen LogP contribution in [0.1, 0.15) is 61.1 Å². The summed E-state index contributed by atoms with van der Waals surface area (Å²) < 4.78 is 41.9. The fourth-order valence-corrected chi connectivity index (χ4v) is 4.46. The van der Waals surface area contributed by atoms with Crippen molar-refractivity contribution in [1.82, 2.24) is 0 Å². The van der Waals surface area contributed by atoms with E-state index in [9.17, 15) is 18.3 Å². The Morgan fingerprint density at radius 1 is 1.22 bits per heavy atom. The molecule has 27 heavy (non-hydrogen) atoms. The standard InChI is InChI=1S/C21H30F3NO2/c22-21(23,24)7-1-9-27-13-15-2-3-17-11-18(5-4-16(17)10-15)19-6-8-20(25,12-19)14-26/h4-5,11,15,19,26H,1-3,6-10,12-14,25H2/t15?,19-,20+/m0/s1. The zero-order chi connectivity index (χ0) is 19.5. The monoisotopic (exact) mass is 385 g/mol. The molecular formula is C21H30F3NO2. The number of ether oxygens (including phenoxy) is 1. The number of benzene rings is 1. The second kappa shape index (κ2) is 8.50. The molecule has 3 rings (SSSR count). The first kappa shape index (κ1) is 20.6. The SMILES string of the molecule is N[C@]1(CO)CC[C@H](c2ccc3c(c2)CCC(COCCCC(F)(F)F)C3)C1. The molecule has 0 bridgehead atoms. The van der Waals surface area contributed by atoms with Crippen LogP contribution in [0.2, 0.25) is 0 Å². The van der Waals surface area contributed by atoms with E-state index in [-0.39, 0.29) is 19.6 Å². The molecule has 2 aliphatic carbocycles. The van der Waals surface area contributed by atoms with Gasteiger partial charge in [0.05, 0.1) is 6.61 Å². The minimum atomic E-state index is -4.09. The summed E-state index contributed by atoms with van der Waals surface area (Å²) in [6.45, 7) is 0.752. The highest BCUT2D eigenvalue weighted by molar-refractivity contribution is 5.36. The number of halogens is 3. The Hall–Kier alpha value is -1.11. The van der Waals surface area contributed by atoms with Crippen LogP contribution >= 0.6 is 0 Å². The largest absolute Gasteiger partial charge is 0.394 e. The number of hydrogen-bond donors (Lipinski definition) is 2. The molecular weight excluding hydrogens is 355 g/mol. The number of alkyl halides is 3. The van der Waals surface area contributed by atoms with E-state index >= 15 is 0 Å². The van der Waals surface area contributed by atoms with Crippen LogP contribution in [0.15, 0.2) is 18.2 Å². The third-order valence-corrected chi connectivity index (χ3v) is 6.09. The number of aryl methyl sites for hydroxylation is 1. The molecule has 0 aromatic heterocycles. The van der Waals surface area contributed by atoms with E-state index in [2.05, 4.69) is 18.2 Å². The van der Waals surface area contributed by atoms with Crippen LogP contribution in [0, 0.1) is 5.92 Å². The number of nitrogens with two attached hydrogens (primary N) is 1. The zero-order valence-corrected chi connectivity index (χ0v) is 15.7. The van der Waals surface area contributed by atoms with Crippen LogP contribution in [0.4, 0.5) is 13.2 Å². The minimum Gasteiger partial charge on any atom is -0.394 e. The average molecular weight is 385 g/mol. The molecule has 1 fully saturated rings. The molecule has 152 valence electrons. The number of fused-ring (bicyclic) bond motifs is 1. The third-order valence-electron chi connectivity index (χ3n) is 6.09. The summed E-state index contributed by atoms with van der Waals surface area (Å²) in [5, 5.41) is 9.46. The first-order chi connectivity index (χ1) is 12.8. The average Bonchev–Trinajstić information content (AvgIpc) is 3.03. The van der Waals surface area contributed by atoms with Crippen molar-refractivity contribution in [3.05, 3.63) is 34.9 Å². The second-order valence-corrected chi connectivity index (χ2v) is 8.39. The minimum absolute atomic E-state index is 0.0357. The van der Waals surface area contributed by atoms with Gasteiger partial charge in [0, 0.05) is 25.2 Å². The van der Waals surface area contributed by atoms with Crippen molar-refractivity contribution in [2.24, 2.45) is 11.7 Å². The fraction of sp³-hybridized carbons (Fsp3) is 0.714. The van der Waals surface area contributed by atoms with Gasteiger partial charge in [-0.2, -0.15) is 13.2 Å². The van der Waals surface area contributed by atoms with E-state index in [4.69, 9.17) is 10.5 Å². The third kappa shape index (κ3) is 5.69. The van der Waals surface area contributed by atoms with Gasteiger partial charge >= 0.3 is 6.18 Å². The topological polar surface area (TPSA) is 55.5 Å². The molecule has 3 nitrogen and oxygen atoms in total. The van der Waals surface area contributed by atoms with Gasteiger partial charge in [0.15, 0.2) is 0 Å². The summed E-state index contributed by atoms with van der Waals surface area (Å²) >= 11 is 0. The molecule has 1 aromatic rings. The first-order valence-electron chi connectivity index (χ1n) is 9.94. The van der Waals surface area contributed by atoms with Crippen molar-refractivity contribution in [2.75, 3.05) is 19.8 Å². The Morgan fingerprint density at radius 3 is 2.74 bits per heavy atom. The van der Waals surface area contributed by atoms with Gasteiger partial charge in [-0.15, -0.1) is 0 Å². The number of rotatable bonds is 7. The lowest BCUT2D eigenvalue weighted by Gasteiger charge is -2.26. The molecule has 0 aliphatic heterocycles. The van der Waals surface area contributed by atoms with Crippen LogP contribution < -0.4 is 5.73 Å². The summed E-state index contributed by atoms with van der Waals surface area (Å²) in [6.07, 6.45) is 0.804. The zero-order valence-electron chi connectivity index (χ0n) is 15.7. The van der Waals surface area contributed by atoms with Crippen molar-refractivity contribution in [3.63, 3.8) is 0 Å². The van der Waals surface area contributed by atoms with Gasteiger partial charge in [0.2, 0.25) is 0 Å². The highest BCUT2D eigenvalue weighted by atomic mass is 19.4. The maximum absolute atomic E-state index is 12.1. The summed E-state index contributed by atoms with van der Waals surface area (Å²) in [7, 11) is 0. The van der Waals surface area contributed by atoms with Gasteiger partial charge in [-0.1, -0.05) is 18.2 Å². The molecule has 0 amide bonds. The Kier molecular flexibility index (Phi) is 6.49. The lowest BCUT2D eigenvalue weighted by molar-refractivity contribution is -0.138. The number of hydrogen-bond acceptors (Lipinski definition) is 3. The number of aliphatic hydroxyl groups excluding tert-OH is 1. The van der Waals surface area contributed by atoms with E-state index in [1.165, 1.54) is 16.7 Å². The Morgan fingerprint density at radius 2 is 2.04 bits per heavy atom. The van der Waals surface area contributed by atoms with Crippen molar-refractivity contribution < 1.29 is 23.0 Å². The van der Waals surface area contributed by atoms with Crippen molar-refractivity contribution in [2.45, 2.75) is 69.0 Å². The second-order valence-electron chi connectivity index (χ2n) is 8.39. The van der Waals surface area contributed by atoms with Crippen LogP contribution in [-0.2, 0) is 17.6 Å². The molecule has 0 heterocycles. The molecule has 3 atom stereocenters. The molecule has 1 saturated carbocycles. The summed E-state index contributed by atoms with van der Waals surface area (Å²) in [6, 6.07) is 6.67. The van der Waals surface area contributed by atoms with Crippen LogP contribution in [0.5, 0.6) is 0 Å². The predicted molar refractivity (Wildman–Crippen MR) is 98.7 cm³/mol. The van der Waals surface area contributed by atoms with Crippen molar-refractivity contribution in [3.8, 4) is 0 Å². The fourth-order valence-electron chi connectivity index (χ4n) is 4.46. The van der Waals surface area contributed by atoms with Crippen LogP contribution in [-0.4, -0.2) is 36.6 Å². The molecule has 1 aromatic carbocycles. The van der Waals surface area contributed by atoms with Gasteiger partial charge in [-0.25, -0.2) is 0 Å². The molecule has 2 aliphatic rings. The van der Waals surface area contributed by atoms with Gasteiger partial charge < -0.3 is 15.6 Å². The summed E-state index contributed by atoms with van der Waals surface area (Å²) in [5.74, 6) is 0.800. The first-order valence-corrected chi connectivity index (χ1v) is 9.94. The maximum atomic E-state index is 12.1. The van der Waals surface area contributed by atoms with Crippen molar-refractivity contribution >= 4 is 0 Å². The summed E-state index contributed by atoms with van der Waals surface area (Å²) in [4.78, 5) is 0. The van der Waals surface area contributed by atoms with Crippen LogP contribution in [0.25, 0.3) is 0 Å². The van der Waals surface area contributed by atoms with Gasteiger partial charge in [-0.05, 0) is 73.5 Å². The smallest absolute Gasteiger partial charge is 0.389 e. The van der Waals surface area contributed by atoms with Gasteiger partial charge in [-0.3, -0.25) is 0 Å². The van der Waals surface area contributed by atoms with E-state index in [1.54, 1.807) is 0 Å². The van der Waals surface area contributed by atoms with E-state index in [1.807, 2.05) is 0 Å². The molecule has 3 N–H and O–H groups in total. The molecule has 0 saturated heterocycles. The number of aliphatic hydroxyl groups is 1. The van der Waals surface area contributed by atoms with E-state index in [0.29, 0.717) is 18.4 Å². The van der Waals surface area contributed by atoms with E-state index in [0.717, 1.165) is 38.5 Å². The normalized spacial score (nSPS) is 28.3. The van der Waals surface area contributed by atoms with Crippen LogP contribution in [0.3, 0.4) is 0 Å². The van der Waals surface area contributed by atoms with E-state index < -0.39 is 18.1 Å². The van der Waals surface area contributed by atoms with Gasteiger partial charge in [0.25, 0.3) is 0 Å². The van der Waals surface area contributed by atoms with Crippen molar-refractivity contribution in [1.29, 1.82) is 0 Å². The summed E-state index contributed by atoms with van der Waals surface area (Å²) in [5.41, 5.74) is 9.79. The lowest BCUT2D eigenvalue weighted by atomic mass is 9.82. The highest BCUT2D eigenvalue weighted by Crippen LogP contribution is 2.40. The molecule has 1 unspecified atom stereocenters. The maximum Gasteiger partial charge on any atom is 0.389 e. The molecule has 6 heteroatoms. The van der Waals surface area contributed by atoms with Gasteiger partial charge in [0.1, 0.15) is 0 Å².